The normalized spacial score (nSPS) is 10.8. The van der Waals surface area contributed by atoms with Crippen molar-refractivity contribution in [3.63, 3.8) is 0 Å². The Morgan fingerprint density at radius 2 is 2.00 bits per heavy atom. The van der Waals surface area contributed by atoms with Gasteiger partial charge in [-0.15, -0.1) is 0 Å². The van der Waals surface area contributed by atoms with Gasteiger partial charge in [0.25, 0.3) is 0 Å². The average molecular weight is 244 g/mol. The first-order valence-corrected chi connectivity index (χ1v) is 5.08. The third-order valence-electron chi connectivity index (χ3n) is 1.87. The monoisotopic (exact) mass is 244 g/mol. The summed E-state index contributed by atoms with van der Waals surface area (Å²) in [5.41, 5.74) is -0.345. The molecule has 0 heterocycles. The molecule has 0 aliphatic carbocycles. The Bertz CT molecular complexity index is 407. The Labute approximate surface area is 97.3 Å². The summed E-state index contributed by atoms with van der Waals surface area (Å²) in [6.45, 7) is 0. The molecule has 86 valence electrons. The molecule has 1 rings (SSSR count). The molecule has 0 saturated heterocycles. The Morgan fingerprint density at radius 1 is 1.44 bits per heavy atom. The first kappa shape index (κ1) is 12.7. The van der Waals surface area contributed by atoms with Crippen molar-refractivity contribution in [1.29, 1.82) is 0 Å². The molecule has 1 aromatic rings. The van der Waals surface area contributed by atoms with Crippen LogP contribution in [0.1, 0.15) is 15.9 Å². The van der Waals surface area contributed by atoms with Crippen LogP contribution in [0, 0.1) is 11.6 Å². The van der Waals surface area contributed by atoms with Gasteiger partial charge in [-0.05, 0) is 17.7 Å². The lowest BCUT2D eigenvalue weighted by Gasteiger charge is -2.04. The summed E-state index contributed by atoms with van der Waals surface area (Å²) in [7, 11) is 1.07. The third kappa shape index (κ3) is 2.82. The largest absolute Gasteiger partial charge is 0.465 e. The van der Waals surface area contributed by atoms with Crippen LogP contribution in [0.25, 0.3) is 6.08 Å². The number of rotatable bonds is 3. The van der Waals surface area contributed by atoms with Gasteiger partial charge in [0.2, 0.25) is 0 Å². The predicted octanol–water partition coefficient (Wildman–Crippen LogP) is 2.69. The zero-order valence-corrected chi connectivity index (χ0v) is 9.43. The molecular formula is C11H10F2O2S. The van der Waals surface area contributed by atoms with Crippen molar-refractivity contribution in [3.8, 4) is 0 Å². The van der Waals surface area contributed by atoms with Crippen LogP contribution in [0.4, 0.5) is 8.78 Å². The molecular weight excluding hydrogens is 234 g/mol. The fraction of sp³-hybridized carbons (Fsp3) is 0.182. The maximum absolute atomic E-state index is 13.4. The topological polar surface area (TPSA) is 26.3 Å². The van der Waals surface area contributed by atoms with Crippen molar-refractivity contribution in [2.75, 3.05) is 12.9 Å². The maximum Gasteiger partial charge on any atom is 0.343 e. The standard InChI is InChI=1S/C11H10F2O2S/c1-15-11(14)10-8(12)5-7(3-2-4-16)6-9(10)13/h2-3,5-6,16H,4H2,1H3. The lowest BCUT2D eigenvalue weighted by molar-refractivity contribution is 0.0590. The first-order chi connectivity index (χ1) is 7.60. The highest BCUT2D eigenvalue weighted by atomic mass is 32.1. The molecule has 5 heteroatoms. The summed E-state index contributed by atoms with van der Waals surface area (Å²) in [6.07, 6.45) is 3.15. The molecule has 0 aliphatic heterocycles. The minimum atomic E-state index is -1.03. The Hall–Kier alpha value is -1.36. The quantitative estimate of drug-likeness (QED) is 0.653. The zero-order valence-electron chi connectivity index (χ0n) is 8.54. The second kappa shape index (κ2) is 5.65. The van der Waals surface area contributed by atoms with Crippen LogP contribution in [0.15, 0.2) is 18.2 Å². The van der Waals surface area contributed by atoms with Gasteiger partial charge in [-0.3, -0.25) is 0 Å². The summed E-state index contributed by atoms with van der Waals surface area (Å²) < 4.78 is 31.0. The minimum Gasteiger partial charge on any atom is -0.465 e. The molecule has 2 nitrogen and oxygen atoms in total. The molecule has 0 saturated carbocycles. The number of carbonyl (C=O) groups excluding carboxylic acids is 1. The van der Waals surface area contributed by atoms with Crippen LogP contribution in [0.2, 0.25) is 0 Å². The van der Waals surface area contributed by atoms with Crippen molar-refractivity contribution in [2.45, 2.75) is 0 Å². The summed E-state index contributed by atoms with van der Waals surface area (Å²) >= 11 is 3.92. The van der Waals surface area contributed by atoms with E-state index in [9.17, 15) is 13.6 Å². The lowest BCUT2D eigenvalue weighted by atomic mass is 10.1. The van der Waals surface area contributed by atoms with Gasteiger partial charge in [-0.1, -0.05) is 12.2 Å². The molecule has 0 fully saturated rings. The molecule has 0 radical (unpaired) electrons. The fourth-order valence-corrected chi connectivity index (χ4v) is 1.28. The minimum absolute atomic E-state index is 0.330. The summed E-state index contributed by atoms with van der Waals surface area (Å²) in [4.78, 5) is 11.0. The molecule has 16 heavy (non-hydrogen) atoms. The van der Waals surface area contributed by atoms with E-state index in [1.807, 2.05) is 0 Å². The summed E-state index contributed by atoms with van der Waals surface area (Å²) in [5.74, 6) is -2.45. The first-order valence-electron chi connectivity index (χ1n) is 4.45. The van der Waals surface area contributed by atoms with Gasteiger partial charge < -0.3 is 4.74 Å². The van der Waals surface area contributed by atoms with Crippen molar-refractivity contribution in [2.24, 2.45) is 0 Å². The molecule has 0 amide bonds. The van der Waals surface area contributed by atoms with E-state index in [0.717, 1.165) is 19.2 Å². The predicted molar refractivity (Wildman–Crippen MR) is 60.6 cm³/mol. The van der Waals surface area contributed by atoms with E-state index in [1.165, 1.54) is 6.08 Å². The molecule has 0 spiro atoms. The maximum atomic E-state index is 13.4. The van der Waals surface area contributed by atoms with Crippen LogP contribution in [-0.4, -0.2) is 18.8 Å². The van der Waals surface area contributed by atoms with Gasteiger partial charge in [0, 0.05) is 5.75 Å². The van der Waals surface area contributed by atoms with Crippen LogP contribution in [0.5, 0.6) is 0 Å². The number of methoxy groups -OCH3 is 1. The molecule has 1 aromatic carbocycles. The van der Waals surface area contributed by atoms with E-state index in [4.69, 9.17) is 0 Å². The van der Waals surface area contributed by atoms with Gasteiger partial charge >= 0.3 is 5.97 Å². The van der Waals surface area contributed by atoms with E-state index >= 15 is 0 Å². The number of esters is 1. The molecule has 0 unspecified atom stereocenters. The third-order valence-corrected chi connectivity index (χ3v) is 2.08. The van der Waals surface area contributed by atoms with Crippen LogP contribution >= 0.6 is 12.6 Å². The van der Waals surface area contributed by atoms with Gasteiger partial charge in [0.15, 0.2) is 0 Å². The number of hydrogen-bond donors (Lipinski definition) is 1. The molecule has 0 atom stereocenters. The van der Waals surface area contributed by atoms with Gasteiger partial charge in [0.1, 0.15) is 17.2 Å². The second-order valence-electron chi connectivity index (χ2n) is 2.94. The Balaban J connectivity index is 3.17. The lowest BCUT2D eigenvalue weighted by Crippen LogP contribution is -2.08. The molecule has 0 N–H and O–H groups in total. The Morgan fingerprint density at radius 3 is 2.44 bits per heavy atom. The van der Waals surface area contributed by atoms with E-state index in [-0.39, 0.29) is 0 Å². The molecule has 0 aromatic heterocycles. The molecule has 0 aliphatic rings. The van der Waals surface area contributed by atoms with E-state index in [0.29, 0.717) is 11.3 Å². The number of hydrogen-bond acceptors (Lipinski definition) is 3. The van der Waals surface area contributed by atoms with Crippen LogP contribution < -0.4 is 0 Å². The van der Waals surface area contributed by atoms with Gasteiger partial charge in [-0.2, -0.15) is 12.6 Å². The van der Waals surface area contributed by atoms with Crippen LogP contribution in [-0.2, 0) is 4.74 Å². The van der Waals surface area contributed by atoms with Crippen molar-refractivity contribution < 1.29 is 18.3 Å². The molecule has 0 bridgehead atoms. The average Bonchev–Trinajstić information content (AvgIpc) is 2.25. The number of carbonyl (C=O) groups is 1. The number of thiol groups is 1. The van der Waals surface area contributed by atoms with E-state index < -0.39 is 23.2 Å². The van der Waals surface area contributed by atoms with Crippen molar-refractivity contribution in [3.05, 3.63) is 41.0 Å². The highest BCUT2D eigenvalue weighted by Crippen LogP contribution is 2.17. The number of halogens is 2. The number of ether oxygens (including phenoxy) is 1. The van der Waals surface area contributed by atoms with Gasteiger partial charge in [-0.25, -0.2) is 13.6 Å². The van der Waals surface area contributed by atoms with E-state index in [1.54, 1.807) is 6.08 Å². The van der Waals surface area contributed by atoms with Crippen LogP contribution in [0.3, 0.4) is 0 Å². The fourth-order valence-electron chi connectivity index (χ4n) is 1.17. The van der Waals surface area contributed by atoms with Gasteiger partial charge in [0.05, 0.1) is 7.11 Å². The SMILES string of the molecule is COC(=O)c1c(F)cc(C=CCS)cc1F. The number of benzene rings is 1. The zero-order chi connectivity index (χ0) is 12.1. The summed E-state index contributed by atoms with van der Waals surface area (Å²) in [6, 6.07) is 2.13. The summed E-state index contributed by atoms with van der Waals surface area (Å²) in [5, 5.41) is 0. The highest BCUT2D eigenvalue weighted by molar-refractivity contribution is 7.80. The van der Waals surface area contributed by atoms with Crippen molar-refractivity contribution >= 4 is 24.7 Å². The highest BCUT2D eigenvalue weighted by Gasteiger charge is 2.18. The second-order valence-corrected chi connectivity index (χ2v) is 3.30. The Kier molecular flexibility index (Phi) is 4.49. The van der Waals surface area contributed by atoms with Crippen molar-refractivity contribution in [1.82, 2.24) is 0 Å². The smallest absolute Gasteiger partial charge is 0.343 e. The van der Waals surface area contributed by atoms with E-state index in [2.05, 4.69) is 17.4 Å².